The Labute approximate surface area is 316 Å². The van der Waals surface area contributed by atoms with Crippen LogP contribution in [0, 0.1) is 0 Å². The van der Waals surface area contributed by atoms with Crippen molar-refractivity contribution >= 4 is 80.3 Å². The normalized spacial score (nSPS) is 12.6. The first kappa shape index (κ1) is 39.3. The van der Waals surface area contributed by atoms with E-state index in [1.54, 1.807) is 18.2 Å². The molecule has 290 valence electrons. The lowest BCUT2D eigenvalue weighted by atomic mass is 10.0. The molecule has 0 bridgehead atoms. The van der Waals surface area contributed by atoms with Crippen LogP contribution in [0.3, 0.4) is 0 Å². The zero-order valence-corrected chi connectivity index (χ0v) is 31.0. The lowest BCUT2D eigenvalue weighted by Gasteiger charge is -2.12. The summed E-state index contributed by atoms with van der Waals surface area (Å²) < 4.78 is 112. The molecule has 0 aromatic heterocycles. The predicted molar refractivity (Wildman–Crippen MR) is 200 cm³/mol. The molecule has 0 amide bonds. The number of hydrogen-bond acceptors (Lipinski definition) is 16. The lowest BCUT2D eigenvalue weighted by Crippen LogP contribution is -2.01. The molecule has 56 heavy (non-hydrogen) atoms. The first-order chi connectivity index (χ1) is 26.2. The molecule has 0 saturated heterocycles. The fourth-order valence-electron chi connectivity index (χ4n) is 5.63. The number of nitrogens with zero attached hydrogens (tertiary/aromatic N) is 4. The van der Waals surface area contributed by atoms with E-state index in [0.29, 0.717) is 17.2 Å². The summed E-state index contributed by atoms with van der Waals surface area (Å²) >= 11 is 0. The van der Waals surface area contributed by atoms with Crippen molar-refractivity contribution in [3.63, 3.8) is 0 Å². The number of rotatable bonds is 10. The molecule has 6 rings (SSSR count). The van der Waals surface area contributed by atoms with Gasteiger partial charge in [-0.2, -0.15) is 25.3 Å². The van der Waals surface area contributed by atoms with E-state index < -0.39 is 79.1 Å². The summed E-state index contributed by atoms with van der Waals surface area (Å²) in [6.07, 6.45) is 0. The van der Waals surface area contributed by atoms with Gasteiger partial charge in [0.2, 0.25) is 0 Å². The van der Waals surface area contributed by atoms with Crippen LogP contribution in [0.4, 0.5) is 28.4 Å². The Bertz CT molecular complexity index is 3030. The van der Waals surface area contributed by atoms with Crippen molar-refractivity contribution in [1.82, 2.24) is 0 Å². The Kier molecular flexibility index (Phi) is 10.1. The largest absolute Gasteiger partial charge is 0.507 e. The molecular weight excluding hydrogens is 799 g/mol. The van der Waals surface area contributed by atoms with E-state index in [9.17, 15) is 54.2 Å². The van der Waals surface area contributed by atoms with E-state index in [1.807, 2.05) is 0 Å². The number of aromatic hydroxyl groups is 3. The van der Waals surface area contributed by atoms with E-state index in [-0.39, 0.29) is 44.7 Å². The lowest BCUT2D eigenvalue weighted by molar-refractivity contribution is 0.415. The minimum atomic E-state index is -5.14. The molecule has 0 spiro atoms. The van der Waals surface area contributed by atoms with Gasteiger partial charge in [0.05, 0.1) is 24.5 Å². The number of phenolic OH excluding ortho intramolecular Hbond substituents is 3. The number of fused-ring (bicyclic) bond motifs is 2. The maximum Gasteiger partial charge on any atom is 0.296 e. The predicted octanol–water partition coefficient (Wildman–Crippen LogP) is 6.95. The van der Waals surface area contributed by atoms with Crippen LogP contribution in [0.5, 0.6) is 28.7 Å². The van der Waals surface area contributed by atoms with E-state index in [0.717, 1.165) is 18.2 Å². The summed E-state index contributed by atoms with van der Waals surface area (Å²) in [5.41, 5.74) is 5.83. The van der Waals surface area contributed by atoms with Crippen LogP contribution in [0.15, 0.2) is 114 Å². The first-order valence-corrected chi connectivity index (χ1v) is 19.7. The standard InChI is InChI=1S/C34H27N5O14S3/c1-52-26-11-16(3-7-23(26)36-38-31-28(55(46,47)48)13-18-9-20(35)5-6-22(18)33(31)41)17-4-8-24(27(12-17)53-2)37-39-32-29(56(49,50)51)14-19-10-21(54(43,44)45)15-25(40)30(19)34(32)42/h3-15,40-42H,35H2,1-2H3,(H,43,44,45)(H,46,47,48)(H,49,50,51). The number of phenols is 3. The number of ether oxygens (including phenoxy) is 2. The van der Waals surface area contributed by atoms with E-state index in [4.69, 9.17) is 15.2 Å². The van der Waals surface area contributed by atoms with Gasteiger partial charge in [-0.3, -0.25) is 13.7 Å². The van der Waals surface area contributed by atoms with Crippen LogP contribution >= 0.6 is 0 Å². The van der Waals surface area contributed by atoms with Gasteiger partial charge in [0.1, 0.15) is 49.8 Å². The summed E-state index contributed by atoms with van der Waals surface area (Å²) in [6.45, 7) is 0. The highest BCUT2D eigenvalue weighted by molar-refractivity contribution is 7.86. The Morgan fingerprint density at radius 2 is 1.05 bits per heavy atom. The van der Waals surface area contributed by atoms with Crippen molar-refractivity contribution in [2.24, 2.45) is 20.5 Å². The van der Waals surface area contributed by atoms with Gasteiger partial charge in [0.15, 0.2) is 11.5 Å². The number of anilines is 1. The third-order valence-electron chi connectivity index (χ3n) is 8.24. The van der Waals surface area contributed by atoms with Crippen molar-refractivity contribution in [1.29, 1.82) is 0 Å². The minimum Gasteiger partial charge on any atom is -0.507 e. The second-order valence-corrected chi connectivity index (χ2v) is 16.0. The van der Waals surface area contributed by atoms with Crippen LogP contribution in [-0.2, 0) is 30.4 Å². The Balaban J connectivity index is 1.37. The zero-order valence-electron chi connectivity index (χ0n) is 28.5. The monoisotopic (exact) mass is 825 g/mol. The fraction of sp³-hybridized carbons (Fsp3) is 0.0588. The Morgan fingerprint density at radius 1 is 0.554 bits per heavy atom. The molecule has 0 aliphatic rings. The van der Waals surface area contributed by atoms with Crippen LogP contribution in [0.25, 0.3) is 32.7 Å². The minimum absolute atomic E-state index is 0.00659. The molecule has 6 aromatic carbocycles. The highest BCUT2D eigenvalue weighted by Gasteiger charge is 2.26. The van der Waals surface area contributed by atoms with E-state index >= 15 is 0 Å². The highest BCUT2D eigenvalue weighted by atomic mass is 32.2. The first-order valence-electron chi connectivity index (χ1n) is 15.4. The summed E-state index contributed by atoms with van der Waals surface area (Å²) in [6, 6.07) is 16.6. The number of benzene rings is 6. The molecule has 0 aliphatic heterocycles. The summed E-state index contributed by atoms with van der Waals surface area (Å²) in [4.78, 5) is -2.54. The summed E-state index contributed by atoms with van der Waals surface area (Å²) in [5, 5.41) is 47.6. The molecule has 0 aliphatic carbocycles. The van der Waals surface area contributed by atoms with Gasteiger partial charge in [-0.1, -0.05) is 12.1 Å². The second kappa shape index (κ2) is 14.3. The van der Waals surface area contributed by atoms with Gasteiger partial charge in [-0.25, -0.2) is 0 Å². The maximum atomic E-state index is 12.3. The van der Waals surface area contributed by atoms with Crippen LogP contribution in [-0.4, -0.2) is 68.5 Å². The second-order valence-electron chi connectivity index (χ2n) is 11.8. The molecular formula is C34H27N5O14S3. The molecule has 0 unspecified atom stereocenters. The number of azo groups is 2. The molecule has 0 heterocycles. The quantitative estimate of drug-likeness (QED) is 0.0417. The van der Waals surface area contributed by atoms with Gasteiger partial charge in [0, 0.05) is 17.1 Å². The van der Waals surface area contributed by atoms with Crippen molar-refractivity contribution < 1.29 is 63.7 Å². The molecule has 0 saturated carbocycles. The van der Waals surface area contributed by atoms with Crippen LogP contribution < -0.4 is 15.2 Å². The number of hydrogen-bond donors (Lipinski definition) is 7. The van der Waals surface area contributed by atoms with Gasteiger partial charge >= 0.3 is 0 Å². The van der Waals surface area contributed by atoms with Crippen LogP contribution in [0.1, 0.15) is 0 Å². The molecule has 8 N–H and O–H groups in total. The zero-order chi connectivity index (χ0) is 40.9. The third-order valence-corrected chi connectivity index (χ3v) is 10.8. The topological polar surface area (TPSA) is 318 Å². The van der Waals surface area contributed by atoms with Gasteiger partial charge < -0.3 is 30.5 Å². The molecule has 6 aromatic rings. The number of methoxy groups -OCH3 is 2. The van der Waals surface area contributed by atoms with Crippen molar-refractivity contribution in [2.75, 3.05) is 20.0 Å². The van der Waals surface area contributed by atoms with Gasteiger partial charge in [0.25, 0.3) is 30.4 Å². The van der Waals surface area contributed by atoms with Crippen molar-refractivity contribution in [3.8, 4) is 39.9 Å². The number of nitrogen functional groups attached to an aromatic ring is 1. The smallest absolute Gasteiger partial charge is 0.296 e. The Morgan fingerprint density at radius 3 is 1.54 bits per heavy atom. The van der Waals surface area contributed by atoms with Gasteiger partial charge in [-0.05, 0) is 82.6 Å². The van der Waals surface area contributed by atoms with Crippen LogP contribution in [0.2, 0.25) is 0 Å². The van der Waals surface area contributed by atoms with E-state index in [1.165, 1.54) is 50.6 Å². The fourth-order valence-corrected chi connectivity index (χ4v) is 7.48. The maximum absolute atomic E-state index is 12.3. The average Bonchev–Trinajstić information content (AvgIpc) is 3.12. The van der Waals surface area contributed by atoms with Gasteiger partial charge in [-0.15, -0.1) is 20.5 Å². The third kappa shape index (κ3) is 7.59. The summed E-state index contributed by atoms with van der Waals surface area (Å²) in [7, 11) is -12.3. The van der Waals surface area contributed by atoms with E-state index in [2.05, 4.69) is 20.5 Å². The molecule has 19 nitrogen and oxygen atoms in total. The van der Waals surface area contributed by atoms with Crippen molar-refractivity contribution in [2.45, 2.75) is 14.7 Å². The average molecular weight is 826 g/mol. The van der Waals surface area contributed by atoms with Crippen molar-refractivity contribution in [3.05, 3.63) is 78.9 Å². The highest BCUT2D eigenvalue weighted by Crippen LogP contribution is 2.47. The molecule has 0 fully saturated rings. The Hall–Kier alpha value is -6.43. The summed E-state index contributed by atoms with van der Waals surface area (Å²) in [5.74, 6) is -2.21. The molecule has 0 atom stereocenters. The molecule has 22 heteroatoms. The molecule has 0 radical (unpaired) electrons. The SMILES string of the molecule is COc1cc(-c2ccc(N=Nc3c(S(=O)(=O)O)cc4cc(S(=O)(=O)O)cc(O)c4c3O)c(OC)c2)ccc1N=Nc1c(S(=O)(=O)O)cc2cc(N)ccc2c1O. The number of nitrogens with two attached hydrogens (primary N) is 1.